The van der Waals surface area contributed by atoms with Crippen molar-refractivity contribution in [1.82, 2.24) is 4.73 Å². The quantitative estimate of drug-likeness (QED) is 0.279. The number of sulfone groups is 1. The highest BCUT2D eigenvalue weighted by Crippen LogP contribution is 2.37. The number of nitrogens with two attached hydrogens (primary N) is 1. The molecular weight excluding hydrogens is 553 g/mol. The Morgan fingerprint density at radius 2 is 1.77 bits per heavy atom. The average molecular weight is 581 g/mol. The van der Waals surface area contributed by atoms with Crippen molar-refractivity contribution in [3.8, 4) is 5.88 Å². The van der Waals surface area contributed by atoms with E-state index < -0.39 is 33.3 Å². The normalized spacial score (nSPS) is 12.6. The first-order valence-corrected chi connectivity index (χ1v) is 14.3. The molecule has 0 atom stereocenters. The van der Waals surface area contributed by atoms with Gasteiger partial charge in [-0.2, -0.15) is 13.2 Å². The van der Waals surface area contributed by atoms with Gasteiger partial charge in [-0.15, -0.1) is 16.1 Å². The summed E-state index contributed by atoms with van der Waals surface area (Å²) in [5.74, 6) is -2.90. The monoisotopic (exact) mass is 580 g/mol. The second kappa shape index (κ2) is 10.7. The van der Waals surface area contributed by atoms with Gasteiger partial charge in [0.15, 0.2) is 0 Å². The Hall–Kier alpha value is -3.35. The zero-order valence-electron chi connectivity index (χ0n) is 21.4. The van der Waals surface area contributed by atoms with Gasteiger partial charge < -0.3 is 15.3 Å². The van der Waals surface area contributed by atoms with Crippen LogP contribution in [0.1, 0.15) is 37.5 Å². The number of aromatic nitrogens is 1. The van der Waals surface area contributed by atoms with E-state index in [0.29, 0.717) is 16.5 Å². The van der Waals surface area contributed by atoms with Gasteiger partial charge in [0, 0.05) is 17.0 Å². The van der Waals surface area contributed by atoms with Crippen molar-refractivity contribution in [3.05, 3.63) is 76.7 Å². The number of carbonyl (C=O) groups excluding carboxylic acids is 1. The van der Waals surface area contributed by atoms with Crippen molar-refractivity contribution < 1.29 is 36.0 Å². The molecule has 0 radical (unpaired) electrons. The standard InChI is InChI=1S/C27H27F3N2O5S2/c1-26(2,3)20-11-10-18(24(19(20)12-13-31)39(34,35)23-9-6-14-38-23)16-36-32-21-8-5-4-7-17(21)15-22(32)37-25(33)27(28,29)30/h4-11,14-15H,12-13,16,31H2,1-3H3. The number of benzene rings is 2. The predicted molar refractivity (Wildman–Crippen MR) is 142 cm³/mol. The van der Waals surface area contributed by atoms with Gasteiger partial charge >= 0.3 is 12.1 Å². The summed E-state index contributed by atoms with van der Waals surface area (Å²) in [6, 6.07) is 14.3. The molecule has 12 heteroatoms. The molecule has 2 heterocycles. The average Bonchev–Trinajstić information content (AvgIpc) is 3.50. The van der Waals surface area contributed by atoms with Gasteiger partial charge in [0.25, 0.3) is 0 Å². The summed E-state index contributed by atoms with van der Waals surface area (Å²) in [4.78, 5) is 17.5. The number of fused-ring (bicyclic) bond motifs is 1. The van der Waals surface area contributed by atoms with Gasteiger partial charge in [0.2, 0.25) is 15.7 Å². The molecule has 2 aromatic heterocycles. The van der Waals surface area contributed by atoms with Crippen molar-refractivity contribution in [3.63, 3.8) is 0 Å². The number of alkyl halides is 3. The summed E-state index contributed by atoms with van der Waals surface area (Å²) >= 11 is 1.07. The van der Waals surface area contributed by atoms with Gasteiger partial charge in [0.05, 0.1) is 10.4 Å². The van der Waals surface area contributed by atoms with E-state index in [4.69, 9.17) is 10.6 Å². The lowest BCUT2D eigenvalue weighted by atomic mass is 9.82. The highest BCUT2D eigenvalue weighted by molar-refractivity contribution is 7.93. The number of hydrogen-bond acceptors (Lipinski definition) is 7. The summed E-state index contributed by atoms with van der Waals surface area (Å²) in [6.45, 7) is 5.74. The Kier molecular flexibility index (Phi) is 7.84. The van der Waals surface area contributed by atoms with Crippen LogP contribution in [0.4, 0.5) is 13.2 Å². The maximum Gasteiger partial charge on any atom is 0.491 e. The first-order valence-electron chi connectivity index (χ1n) is 11.9. The molecule has 39 heavy (non-hydrogen) atoms. The minimum Gasteiger partial charge on any atom is -0.405 e. The number of halogens is 3. The Bertz CT molecular complexity index is 1600. The lowest BCUT2D eigenvalue weighted by Gasteiger charge is -2.26. The number of rotatable bonds is 8. The minimum atomic E-state index is -5.22. The molecule has 4 rings (SSSR count). The zero-order chi connectivity index (χ0) is 28.6. The SMILES string of the molecule is CC(C)(C)c1ccc(COn2c(OC(=O)C(F)(F)F)cc3ccccc32)c(S(=O)(=O)c2cccs2)c1CCN. The van der Waals surface area contributed by atoms with Crippen LogP contribution in [0.3, 0.4) is 0 Å². The molecule has 7 nitrogen and oxygen atoms in total. The minimum absolute atomic E-state index is 0.0492. The Morgan fingerprint density at radius 3 is 2.38 bits per heavy atom. The highest BCUT2D eigenvalue weighted by atomic mass is 32.2. The number of nitrogens with zero attached hydrogens (tertiary/aromatic N) is 1. The molecule has 2 N–H and O–H groups in total. The fourth-order valence-corrected chi connectivity index (χ4v) is 7.17. The molecule has 0 aliphatic carbocycles. The van der Waals surface area contributed by atoms with Crippen molar-refractivity contribution in [1.29, 1.82) is 0 Å². The fourth-order valence-electron chi connectivity index (χ4n) is 4.33. The highest BCUT2D eigenvalue weighted by Gasteiger charge is 2.42. The van der Waals surface area contributed by atoms with Crippen LogP contribution in [0.15, 0.2) is 69.1 Å². The third-order valence-corrected chi connectivity index (χ3v) is 9.31. The van der Waals surface area contributed by atoms with Crippen LogP contribution in [-0.4, -0.2) is 31.8 Å². The van der Waals surface area contributed by atoms with E-state index in [0.717, 1.165) is 21.6 Å². The van der Waals surface area contributed by atoms with Gasteiger partial charge in [-0.25, -0.2) is 13.2 Å². The molecule has 208 valence electrons. The fraction of sp³-hybridized carbons (Fsp3) is 0.296. The van der Waals surface area contributed by atoms with Gasteiger partial charge in [0.1, 0.15) is 10.8 Å². The molecule has 0 aliphatic heterocycles. The summed E-state index contributed by atoms with van der Waals surface area (Å²) in [5, 5.41) is 2.12. The van der Waals surface area contributed by atoms with Crippen LogP contribution in [-0.2, 0) is 33.1 Å². The first kappa shape index (κ1) is 28.7. The Balaban J connectivity index is 1.85. The number of carbonyl (C=O) groups is 1. The van der Waals surface area contributed by atoms with E-state index in [1.807, 2.05) is 26.8 Å². The third-order valence-electron chi connectivity index (χ3n) is 5.99. The topological polar surface area (TPSA) is 101 Å². The van der Waals surface area contributed by atoms with Crippen molar-refractivity contribution in [2.24, 2.45) is 5.73 Å². The second-order valence-electron chi connectivity index (χ2n) is 9.80. The van der Waals surface area contributed by atoms with Crippen LogP contribution >= 0.6 is 11.3 Å². The van der Waals surface area contributed by atoms with Crippen LogP contribution in [0.2, 0.25) is 0 Å². The Morgan fingerprint density at radius 1 is 1.05 bits per heavy atom. The molecule has 4 aromatic rings. The van der Waals surface area contributed by atoms with Gasteiger partial charge in [-0.05, 0) is 47.0 Å². The molecule has 2 aromatic carbocycles. The number of hydrogen-bond donors (Lipinski definition) is 1. The molecule has 0 fully saturated rings. The van der Waals surface area contributed by atoms with E-state index in [1.165, 1.54) is 12.1 Å². The molecule has 0 unspecified atom stereocenters. The first-order chi connectivity index (χ1) is 18.2. The second-order valence-corrected chi connectivity index (χ2v) is 12.9. The largest absolute Gasteiger partial charge is 0.491 e. The van der Waals surface area contributed by atoms with E-state index in [2.05, 4.69) is 4.74 Å². The van der Waals surface area contributed by atoms with E-state index in [9.17, 15) is 26.4 Å². The smallest absolute Gasteiger partial charge is 0.405 e. The molecule has 0 amide bonds. The van der Waals surface area contributed by atoms with Gasteiger partial charge in [-0.1, -0.05) is 57.2 Å². The lowest BCUT2D eigenvalue weighted by Crippen LogP contribution is -2.29. The summed E-state index contributed by atoms with van der Waals surface area (Å²) in [5.41, 5.74) is 7.47. The summed E-state index contributed by atoms with van der Waals surface area (Å²) in [7, 11) is -4.00. The zero-order valence-corrected chi connectivity index (χ0v) is 23.0. The maximum absolute atomic E-state index is 13.9. The molecule has 0 aliphatic rings. The third kappa shape index (κ3) is 5.82. The summed E-state index contributed by atoms with van der Waals surface area (Å²) < 4.78 is 72.3. The molecular formula is C27H27F3N2O5S2. The maximum atomic E-state index is 13.9. The van der Waals surface area contributed by atoms with Crippen LogP contribution in [0.5, 0.6) is 5.88 Å². The molecule has 0 saturated heterocycles. The Labute approximate surface area is 227 Å². The van der Waals surface area contributed by atoms with Crippen molar-refractivity contribution in [2.45, 2.75) is 54.5 Å². The van der Waals surface area contributed by atoms with Crippen molar-refractivity contribution in [2.75, 3.05) is 6.54 Å². The van der Waals surface area contributed by atoms with Crippen LogP contribution < -0.4 is 15.3 Å². The van der Waals surface area contributed by atoms with Gasteiger partial charge in [-0.3, -0.25) is 0 Å². The van der Waals surface area contributed by atoms with Crippen LogP contribution in [0, 0.1) is 0 Å². The number of thiophene rings is 1. The molecule has 0 bridgehead atoms. The molecule has 0 spiro atoms. The molecule has 0 saturated carbocycles. The number of esters is 1. The van der Waals surface area contributed by atoms with Crippen molar-refractivity contribution >= 4 is 38.0 Å². The van der Waals surface area contributed by atoms with E-state index >= 15 is 0 Å². The van der Waals surface area contributed by atoms with E-state index in [-0.39, 0.29) is 34.2 Å². The number of ether oxygens (including phenoxy) is 1. The predicted octanol–water partition coefficient (Wildman–Crippen LogP) is 5.43. The lowest BCUT2D eigenvalue weighted by molar-refractivity contribution is -0.190. The summed E-state index contributed by atoms with van der Waals surface area (Å²) in [6.07, 6.45) is -4.94. The van der Waals surface area contributed by atoms with E-state index in [1.54, 1.807) is 41.8 Å². The van der Waals surface area contributed by atoms with Crippen LogP contribution in [0.25, 0.3) is 10.9 Å². The number of para-hydroxylation sites is 1.